The van der Waals surface area contributed by atoms with Gasteiger partial charge in [-0.3, -0.25) is 5.41 Å². The Hall–Kier alpha value is -2.17. The van der Waals surface area contributed by atoms with Crippen LogP contribution in [0.15, 0.2) is 6.20 Å². The van der Waals surface area contributed by atoms with Crippen molar-refractivity contribution >= 4 is 11.7 Å². The summed E-state index contributed by atoms with van der Waals surface area (Å²) in [6.07, 6.45) is 2.43. The van der Waals surface area contributed by atoms with E-state index in [0.29, 0.717) is 25.9 Å². The molecule has 2 atom stereocenters. The minimum Gasteiger partial charge on any atom is -0.871 e. The first-order chi connectivity index (χ1) is 13.2. The van der Waals surface area contributed by atoms with E-state index in [1.54, 1.807) is 4.90 Å². The molecule has 0 aromatic rings. The summed E-state index contributed by atoms with van der Waals surface area (Å²) >= 11 is 0. The number of halogens is 2. The molecule has 0 aromatic carbocycles. The number of aromatic carboxylic acids is 1. The Morgan fingerprint density at radius 3 is 2.31 bits per heavy atom. The van der Waals surface area contributed by atoms with Crippen LogP contribution in [0, 0.1) is 17.0 Å². The number of pyridine rings is 1. The number of piperazine rings is 1. The van der Waals surface area contributed by atoms with E-state index in [1.165, 1.54) is 4.57 Å². The van der Waals surface area contributed by atoms with E-state index in [4.69, 9.17) is 5.41 Å². The molecule has 7 nitrogen and oxygen atoms in total. The second-order valence-electron chi connectivity index (χ2n) is 7.75. The van der Waals surface area contributed by atoms with Gasteiger partial charge >= 0.3 is 16.8 Å². The molecule has 2 heterocycles. The molecule has 2 aliphatic carbocycles. The fourth-order valence-corrected chi connectivity index (χ4v) is 4.10. The second-order valence-corrected chi connectivity index (χ2v) is 7.75. The van der Waals surface area contributed by atoms with Crippen LogP contribution >= 0.6 is 0 Å². The Morgan fingerprint density at radius 2 is 1.79 bits per heavy atom. The van der Waals surface area contributed by atoms with Gasteiger partial charge < -0.3 is 29.8 Å². The average Bonchev–Trinajstić information content (AvgIpc) is 3.43. The number of hydrogen-bond acceptors (Lipinski definition) is 6. The Labute approximate surface area is 176 Å². The Morgan fingerprint density at radius 1 is 1.21 bits per heavy atom. The van der Waals surface area contributed by atoms with E-state index in [1.807, 2.05) is 13.8 Å². The van der Waals surface area contributed by atoms with Crippen molar-refractivity contribution in [1.82, 2.24) is 9.88 Å². The quantitative estimate of drug-likeness (QED) is 0.702. The SMILES string of the molecule is C[C@@H]1CN(c2c(F)c3n(C4CC4)cc(C(=O)[O-])c([O-])c-3c(=N)c2F)C[C@H](C)N1.[Co+2]. The molecule has 0 bridgehead atoms. The van der Waals surface area contributed by atoms with Crippen molar-refractivity contribution < 1.29 is 40.6 Å². The number of aromatic nitrogens is 1. The number of hydrogen-bond donors (Lipinski definition) is 2. The van der Waals surface area contributed by atoms with E-state index < -0.39 is 39.8 Å². The number of carboxylic acids is 1. The summed E-state index contributed by atoms with van der Waals surface area (Å²) in [5.74, 6) is -4.90. The van der Waals surface area contributed by atoms with E-state index in [2.05, 4.69) is 5.32 Å². The van der Waals surface area contributed by atoms with Crippen LogP contribution in [-0.2, 0) is 16.8 Å². The third-order valence-corrected chi connectivity index (χ3v) is 5.36. The zero-order valence-electron chi connectivity index (χ0n) is 15.8. The van der Waals surface area contributed by atoms with Crippen molar-refractivity contribution in [3.05, 3.63) is 28.8 Å². The maximum Gasteiger partial charge on any atom is 2.00 e. The predicted octanol–water partition coefficient (Wildman–Crippen LogP) is 0.307. The molecular weight excluding hydrogens is 429 g/mol. The number of carbonyl (C=O) groups is 1. The van der Waals surface area contributed by atoms with Crippen LogP contribution in [0.4, 0.5) is 14.5 Å². The van der Waals surface area contributed by atoms with Gasteiger partial charge in [-0.2, -0.15) is 0 Å². The van der Waals surface area contributed by atoms with Gasteiger partial charge in [-0.1, -0.05) is 5.75 Å². The van der Waals surface area contributed by atoms with Crippen LogP contribution in [-0.4, -0.2) is 35.7 Å². The van der Waals surface area contributed by atoms with Gasteiger partial charge in [0.2, 0.25) is 0 Å². The zero-order valence-corrected chi connectivity index (χ0v) is 16.9. The van der Waals surface area contributed by atoms with Crippen molar-refractivity contribution in [2.75, 3.05) is 18.0 Å². The number of benzene rings is 1. The molecule has 0 unspecified atom stereocenters. The molecule has 2 N–H and O–H groups in total. The van der Waals surface area contributed by atoms with Crippen molar-refractivity contribution in [3.63, 3.8) is 0 Å². The van der Waals surface area contributed by atoms with Crippen molar-refractivity contribution in [3.8, 4) is 17.0 Å². The van der Waals surface area contributed by atoms with Crippen molar-refractivity contribution in [2.45, 2.75) is 44.8 Å². The number of nitrogens with zero attached hydrogens (tertiary/aromatic N) is 2. The molecule has 2 aliphatic heterocycles. The van der Waals surface area contributed by atoms with Crippen LogP contribution in [0.1, 0.15) is 43.1 Å². The van der Waals surface area contributed by atoms with Gasteiger partial charge in [0.05, 0.1) is 11.7 Å². The normalized spacial score (nSPS) is 21.9. The molecule has 2 fully saturated rings. The van der Waals surface area contributed by atoms with Gasteiger partial charge in [-0.25, -0.2) is 8.78 Å². The first-order valence-corrected chi connectivity index (χ1v) is 9.24. The van der Waals surface area contributed by atoms with Crippen LogP contribution in [0.2, 0.25) is 0 Å². The molecule has 4 aliphatic rings. The Bertz CT molecular complexity index is 998. The third-order valence-electron chi connectivity index (χ3n) is 5.36. The molecule has 0 spiro atoms. The summed E-state index contributed by atoms with van der Waals surface area (Å²) in [7, 11) is 0. The van der Waals surface area contributed by atoms with Crippen LogP contribution in [0.5, 0.6) is 5.75 Å². The van der Waals surface area contributed by atoms with Crippen molar-refractivity contribution in [1.29, 1.82) is 5.41 Å². The zero-order chi connectivity index (χ0) is 20.3. The first kappa shape index (κ1) is 21.5. The summed E-state index contributed by atoms with van der Waals surface area (Å²) in [6.45, 7) is 4.47. The molecule has 0 aromatic heterocycles. The molecule has 1 saturated heterocycles. The van der Waals surface area contributed by atoms with Gasteiger partial charge in [0.25, 0.3) is 0 Å². The summed E-state index contributed by atoms with van der Waals surface area (Å²) < 4.78 is 32.0. The third kappa shape index (κ3) is 3.49. The summed E-state index contributed by atoms with van der Waals surface area (Å²) in [5.41, 5.74) is -1.79. The molecular formula is C19H20CoF2N4O3. The molecule has 1 saturated carbocycles. The Balaban J connectivity index is 0.00000240. The minimum absolute atomic E-state index is 0. The topological polar surface area (TPSA) is 107 Å². The number of carbonyl (C=O) groups excluding carboxylic acids is 1. The number of rotatable bonds is 3. The van der Waals surface area contributed by atoms with Crippen LogP contribution in [0.25, 0.3) is 11.3 Å². The standard InChI is InChI=1S/C19H22F2N4O3.Co/c1-8-5-24(6-9(2)23-8)17-13(20)15(22)12-16(14(17)21)25(10-3-4-10)7-11(18(12)26)19(27)28;/h7-10,22-23,26H,3-6H2,1-2H3,(H,27,28);/q;+2/p-2/t8-,9+;. The van der Waals surface area contributed by atoms with E-state index in [9.17, 15) is 15.0 Å². The maximum atomic E-state index is 15.6. The van der Waals surface area contributed by atoms with Gasteiger partial charge in [0.1, 0.15) is 11.0 Å². The van der Waals surface area contributed by atoms with Gasteiger partial charge in [0.15, 0.2) is 11.6 Å². The van der Waals surface area contributed by atoms with Crippen LogP contribution < -0.4 is 25.8 Å². The number of anilines is 1. The largest absolute Gasteiger partial charge is 2.00 e. The maximum absolute atomic E-state index is 15.6. The molecule has 4 rings (SSSR count). The predicted molar refractivity (Wildman–Crippen MR) is 93.1 cm³/mol. The fourth-order valence-electron chi connectivity index (χ4n) is 4.10. The van der Waals surface area contributed by atoms with E-state index >= 15 is 8.78 Å². The number of fused-ring (bicyclic) bond motifs is 1. The van der Waals surface area contributed by atoms with Crippen molar-refractivity contribution in [2.24, 2.45) is 0 Å². The molecule has 10 heteroatoms. The van der Waals surface area contributed by atoms with Gasteiger partial charge in [0, 0.05) is 48.5 Å². The molecule has 157 valence electrons. The second kappa shape index (κ2) is 7.58. The molecule has 29 heavy (non-hydrogen) atoms. The number of nitrogens with one attached hydrogen (secondary N) is 2. The fraction of sp³-hybridized carbons (Fsp3) is 0.474. The first-order valence-electron chi connectivity index (χ1n) is 9.24. The van der Waals surface area contributed by atoms with Crippen LogP contribution in [0.3, 0.4) is 0 Å². The minimum atomic E-state index is -1.73. The van der Waals surface area contributed by atoms with Gasteiger partial charge in [-0.05, 0) is 26.7 Å². The summed E-state index contributed by atoms with van der Waals surface area (Å²) in [4.78, 5) is 12.9. The number of carboxylic acid groups (broad SMARTS) is 1. The molecule has 0 amide bonds. The Kier molecular flexibility index (Phi) is 5.63. The van der Waals surface area contributed by atoms with Gasteiger partial charge in [-0.15, -0.1) is 0 Å². The smallest absolute Gasteiger partial charge is 0.871 e. The van der Waals surface area contributed by atoms with E-state index in [0.717, 1.165) is 6.20 Å². The average molecular weight is 449 g/mol. The summed E-state index contributed by atoms with van der Waals surface area (Å²) in [5, 5.41) is 34.6. The molecule has 1 radical (unpaired) electrons. The summed E-state index contributed by atoms with van der Waals surface area (Å²) in [6, 6.07) is -0.216. The monoisotopic (exact) mass is 449 g/mol. The van der Waals surface area contributed by atoms with E-state index in [-0.39, 0.29) is 46.3 Å².